The van der Waals surface area contributed by atoms with E-state index in [0.29, 0.717) is 23.5 Å². The summed E-state index contributed by atoms with van der Waals surface area (Å²) in [6.07, 6.45) is 3.68. The summed E-state index contributed by atoms with van der Waals surface area (Å²) in [5.41, 5.74) is 0.184. The monoisotopic (exact) mass is 268 g/mol. The maximum absolute atomic E-state index is 11.4. The van der Waals surface area contributed by atoms with Gasteiger partial charge < -0.3 is 13.9 Å². The molecule has 0 saturated carbocycles. The normalized spacial score (nSPS) is 10.3. The summed E-state index contributed by atoms with van der Waals surface area (Å²) < 4.78 is 15.3. The Kier molecular flexibility index (Phi) is 6.12. The van der Waals surface area contributed by atoms with Crippen LogP contribution < -0.4 is 10.4 Å². The average molecular weight is 268 g/mol. The Morgan fingerprint density at radius 3 is 2.68 bits per heavy atom. The summed E-state index contributed by atoms with van der Waals surface area (Å²) in [5, 5.41) is 0. The Morgan fingerprint density at radius 1 is 1.37 bits per heavy atom. The van der Waals surface area contributed by atoms with Gasteiger partial charge in [-0.25, -0.2) is 4.79 Å². The third kappa shape index (κ3) is 4.77. The molecule has 0 aromatic carbocycles. The summed E-state index contributed by atoms with van der Waals surface area (Å²) in [5.74, 6) is 0.566. The SMILES string of the molecule is CCCCCc1oc(=O)cc(OC)c1COC(C)=O. The van der Waals surface area contributed by atoms with Crippen LogP contribution in [0.15, 0.2) is 15.3 Å². The third-order valence-electron chi connectivity index (χ3n) is 2.75. The highest BCUT2D eigenvalue weighted by Gasteiger charge is 2.14. The molecule has 0 fully saturated rings. The highest BCUT2D eigenvalue weighted by Crippen LogP contribution is 2.23. The first kappa shape index (κ1) is 15.3. The van der Waals surface area contributed by atoms with Crippen LogP contribution in [-0.2, 0) is 22.6 Å². The minimum atomic E-state index is -0.449. The second kappa shape index (κ2) is 7.61. The van der Waals surface area contributed by atoms with E-state index in [1.807, 2.05) is 0 Å². The first-order valence-electron chi connectivity index (χ1n) is 6.41. The van der Waals surface area contributed by atoms with Gasteiger partial charge in [0, 0.05) is 13.3 Å². The van der Waals surface area contributed by atoms with Gasteiger partial charge in [-0.15, -0.1) is 0 Å². The van der Waals surface area contributed by atoms with Gasteiger partial charge in [-0.2, -0.15) is 0 Å². The molecule has 0 unspecified atom stereocenters. The maximum atomic E-state index is 11.4. The van der Waals surface area contributed by atoms with E-state index < -0.39 is 5.63 Å². The molecule has 5 nitrogen and oxygen atoms in total. The molecule has 0 saturated heterocycles. The maximum Gasteiger partial charge on any atom is 0.339 e. The number of aryl methyl sites for hydroxylation is 1. The lowest BCUT2D eigenvalue weighted by Gasteiger charge is -2.12. The Bertz CT molecular complexity index is 475. The van der Waals surface area contributed by atoms with E-state index in [4.69, 9.17) is 13.9 Å². The zero-order chi connectivity index (χ0) is 14.3. The number of carbonyl (C=O) groups is 1. The minimum absolute atomic E-state index is 0.0593. The van der Waals surface area contributed by atoms with Crippen LogP contribution in [0.3, 0.4) is 0 Å². The number of methoxy groups -OCH3 is 1. The van der Waals surface area contributed by atoms with Crippen LogP contribution in [0.2, 0.25) is 0 Å². The number of rotatable bonds is 7. The Hall–Kier alpha value is -1.78. The van der Waals surface area contributed by atoms with Crippen LogP contribution in [0.25, 0.3) is 0 Å². The predicted molar refractivity (Wildman–Crippen MR) is 70.2 cm³/mol. The van der Waals surface area contributed by atoms with Crippen molar-refractivity contribution in [2.45, 2.75) is 46.1 Å². The molecule has 19 heavy (non-hydrogen) atoms. The number of unbranched alkanes of at least 4 members (excludes halogenated alkanes) is 2. The van der Waals surface area contributed by atoms with Gasteiger partial charge in [0.05, 0.1) is 18.7 Å². The van der Waals surface area contributed by atoms with E-state index >= 15 is 0 Å². The molecule has 0 atom stereocenters. The number of ether oxygens (including phenoxy) is 2. The van der Waals surface area contributed by atoms with Crippen LogP contribution in [0.4, 0.5) is 0 Å². The Balaban J connectivity index is 2.99. The molecule has 1 aromatic heterocycles. The fourth-order valence-electron chi connectivity index (χ4n) is 1.79. The summed E-state index contributed by atoms with van der Waals surface area (Å²) in [4.78, 5) is 22.3. The molecule has 0 bridgehead atoms. The van der Waals surface area contributed by atoms with Gasteiger partial charge in [0.1, 0.15) is 18.1 Å². The Labute approximate surface area is 112 Å². The van der Waals surface area contributed by atoms with Crippen molar-refractivity contribution in [1.29, 1.82) is 0 Å². The first-order valence-corrected chi connectivity index (χ1v) is 6.41. The largest absolute Gasteiger partial charge is 0.496 e. The highest BCUT2D eigenvalue weighted by molar-refractivity contribution is 5.66. The molecule has 1 aromatic rings. The van der Waals surface area contributed by atoms with Gasteiger partial charge in [-0.1, -0.05) is 19.8 Å². The van der Waals surface area contributed by atoms with Crippen molar-refractivity contribution >= 4 is 5.97 Å². The molecule has 0 spiro atoms. The van der Waals surface area contributed by atoms with Gasteiger partial charge in [-0.05, 0) is 6.42 Å². The second-order valence-corrected chi connectivity index (χ2v) is 4.27. The molecular weight excluding hydrogens is 248 g/mol. The molecule has 1 rings (SSSR count). The van der Waals surface area contributed by atoms with Crippen LogP contribution in [0, 0.1) is 0 Å². The van der Waals surface area contributed by atoms with Crippen molar-refractivity contribution in [3.8, 4) is 5.75 Å². The van der Waals surface area contributed by atoms with Crippen LogP contribution in [0.5, 0.6) is 5.75 Å². The quantitative estimate of drug-likeness (QED) is 0.561. The summed E-state index contributed by atoms with van der Waals surface area (Å²) in [6.45, 7) is 3.49. The average Bonchev–Trinajstić information content (AvgIpc) is 2.36. The van der Waals surface area contributed by atoms with Crippen molar-refractivity contribution in [2.75, 3.05) is 7.11 Å². The zero-order valence-electron chi connectivity index (χ0n) is 11.7. The minimum Gasteiger partial charge on any atom is -0.496 e. The predicted octanol–water partition coefficient (Wildman–Crippen LogP) is 2.44. The van der Waals surface area contributed by atoms with Crippen molar-refractivity contribution in [3.05, 3.63) is 27.8 Å². The van der Waals surface area contributed by atoms with Crippen molar-refractivity contribution in [3.63, 3.8) is 0 Å². The number of esters is 1. The van der Waals surface area contributed by atoms with E-state index in [2.05, 4.69) is 6.92 Å². The van der Waals surface area contributed by atoms with Gasteiger partial charge in [0.15, 0.2) is 0 Å². The summed E-state index contributed by atoms with van der Waals surface area (Å²) >= 11 is 0. The molecule has 5 heteroatoms. The highest BCUT2D eigenvalue weighted by atomic mass is 16.5. The van der Waals surface area contributed by atoms with E-state index in [0.717, 1.165) is 19.3 Å². The van der Waals surface area contributed by atoms with Gasteiger partial charge in [0.25, 0.3) is 0 Å². The Morgan fingerprint density at radius 2 is 2.11 bits per heavy atom. The van der Waals surface area contributed by atoms with Crippen molar-refractivity contribution < 1.29 is 18.7 Å². The van der Waals surface area contributed by atoms with Gasteiger partial charge >= 0.3 is 11.6 Å². The van der Waals surface area contributed by atoms with Gasteiger partial charge in [-0.3, -0.25) is 4.79 Å². The fourth-order valence-corrected chi connectivity index (χ4v) is 1.79. The second-order valence-electron chi connectivity index (χ2n) is 4.27. The number of hydrogen-bond donors (Lipinski definition) is 0. The standard InChI is InChI=1S/C14H20O5/c1-4-5-6-7-12-11(9-18-10(2)15)13(17-3)8-14(16)19-12/h8H,4-7,9H2,1-3H3. The van der Waals surface area contributed by atoms with Crippen LogP contribution >= 0.6 is 0 Å². The molecule has 106 valence electrons. The fraction of sp³-hybridized carbons (Fsp3) is 0.571. The van der Waals surface area contributed by atoms with E-state index in [9.17, 15) is 9.59 Å². The van der Waals surface area contributed by atoms with Crippen LogP contribution in [-0.4, -0.2) is 13.1 Å². The molecule has 0 aliphatic carbocycles. The lowest BCUT2D eigenvalue weighted by molar-refractivity contribution is -0.142. The van der Waals surface area contributed by atoms with E-state index in [-0.39, 0.29) is 12.6 Å². The smallest absolute Gasteiger partial charge is 0.339 e. The topological polar surface area (TPSA) is 65.7 Å². The molecule has 0 amide bonds. The molecule has 0 aliphatic heterocycles. The number of hydrogen-bond acceptors (Lipinski definition) is 5. The van der Waals surface area contributed by atoms with Crippen LogP contribution in [0.1, 0.15) is 44.4 Å². The van der Waals surface area contributed by atoms with E-state index in [1.165, 1.54) is 20.1 Å². The summed E-state index contributed by atoms with van der Waals surface area (Å²) in [7, 11) is 1.47. The third-order valence-corrected chi connectivity index (χ3v) is 2.75. The molecule has 0 N–H and O–H groups in total. The lowest BCUT2D eigenvalue weighted by atomic mass is 10.1. The molecule has 1 heterocycles. The van der Waals surface area contributed by atoms with E-state index in [1.54, 1.807) is 0 Å². The summed E-state index contributed by atoms with van der Waals surface area (Å²) in [6, 6.07) is 1.27. The zero-order valence-corrected chi connectivity index (χ0v) is 11.7. The molecule has 0 aliphatic rings. The lowest BCUT2D eigenvalue weighted by Crippen LogP contribution is -2.10. The number of carbonyl (C=O) groups excluding carboxylic acids is 1. The molecule has 0 radical (unpaired) electrons. The van der Waals surface area contributed by atoms with Gasteiger partial charge in [0.2, 0.25) is 0 Å². The van der Waals surface area contributed by atoms with Crippen molar-refractivity contribution in [2.24, 2.45) is 0 Å². The first-order chi connectivity index (χ1) is 9.08. The molecular formula is C14H20O5. The van der Waals surface area contributed by atoms with Crippen molar-refractivity contribution in [1.82, 2.24) is 0 Å².